The van der Waals surface area contributed by atoms with Crippen molar-refractivity contribution >= 4 is 40.1 Å². The van der Waals surface area contributed by atoms with Crippen molar-refractivity contribution in [1.29, 1.82) is 0 Å². The molecular weight excluding hydrogens is 468 g/mol. The van der Waals surface area contributed by atoms with E-state index >= 15 is 0 Å². The van der Waals surface area contributed by atoms with Crippen molar-refractivity contribution in [3.63, 3.8) is 0 Å². The summed E-state index contributed by atoms with van der Waals surface area (Å²) >= 11 is 0. The normalized spacial score (nSPS) is 28.3. The van der Waals surface area contributed by atoms with E-state index in [-0.39, 0.29) is 17.2 Å². The van der Waals surface area contributed by atoms with Crippen molar-refractivity contribution in [2.45, 2.75) is 20.3 Å². The number of Topliss-reactive ketones (excluding diaryl/α,β-unsaturated/α-hetero) is 1. The van der Waals surface area contributed by atoms with Crippen LogP contribution < -0.4 is 4.90 Å². The molecule has 2 bridgehead atoms. The molecule has 7 nitrogen and oxygen atoms in total. The number of imide groups is 1. The minimum atomic E-state index is -1.23. The maximum absolute atomic E-state index is 14.4. The van der Waals surface area contributed by atoms with Gasteiger partial charge in [0, 0.05) is 12.1 Å². The van der Waals surface area contributed by atoms with Crippen LogP contribution in [0, 0.1) is 32.8 Å². The van der Waals surface area contributed by atoms with Crippen LogP contribution in [0.2, 0.25) is 0 Å². The van der Waals surface area contributed by atoms with Crippen molar-refractivity contribution in [3.8, 4) is 0 Å². The van der Waals surface area contributed by atoms with E-state index < -0.39 is 39.4 Å². The van der Waals surface area contributed by atoms with E-state index in [1.165, 1.54) is 24.3 Å². The first-order valence-electron chi connectivity index (χ1n) is 12.3. The molecule has 1 saturated carbocycles. The summed E-state index contributed by atoms with van der Waals surface area (Å²) in [4.78, 5) is 54.5. The van der Waals surface area contributed by atoms with E-state index in [4.69, 9.17) is 0 Å². The number of hydrogen-bond donors (Lipinski definition) is 0. The number of ketones is 1. The van der Waals surface area contributed by atoms with Gasteiger partial charge in [-0.3, -0.25) is 24.5 Å². The summed E-state index contributed by atoms with van der Waals surface area (Å²) in [5.74, 6) is -2.84. The number of nitrogens with zero attached hydrogens (tertiary/aromatic N) is 2. The van der Waals surface area contributed by atoms with Gasteiger partial charge in [-0.1, -0.05) is 73.7 Å². The molecule has 184 valence electrons. The number of carbonyl (C=O) groups excluding carboxylic acids is 3. The zero-order chi connectivity index (χ0) is 26.1. The molecule has 7 heteroatoms. The molecule has 3 aromatic carbocycles. The summed E-state index contributed by atoms with van der Waals surface area (Å²) in [6.07, 6.45) is 0.352. The number of amides is 2. The van der Waals surface area contributed by atoms with Gasteiger partial charge < -0.3 is 0 Å². The van der Waals surface area contributed by atoms with Crippen molar-refractivity contribution in [3.05, 3.63) is 106 Å². The average molecular weight is 493 g/mol. The van der Waals surface area contributed by atoms with E-state index in [9.17, 15) is 24.5 Å². The number of hydrogen-bond acceptors (Lipinski definition) is 5. The quantitative estimate of drug-likeness (QED) is 0.273. The fourth-order valence-electron chi connectivity index (χ4n) is 7.13. The van der Waals surface area contributed by atoms with Gasteiger partial charge in [0.1, 0.15) is 0 Å². The smallest absolute Gasteiger partial charge is 0.271 e. The summed E-state index contributed by atoms with van der Waals surface area (Å²) in [6, 6.07) is 24.7. The molecule has 0 unspecified atom stereocenters. The first-order chi connectivity index (χ1) is 17.8. The second kappa shape index (κ2) is 7.80. The van der Waals surface area contributed by atoms with Gasteiger partial charge in [-0.2, -0.15) is 0 Å². The Morgan fingerprint density at radius 1 is 0.811 bits per heavy atom. The van der Waals surface area contributed by atoms with Crippen LogP contribution in [-0.4, -0.2) is 22.5 Å². The molecular formula is C30H24N2O5. The number of anilines is 1. The second-order valence-corrected chi connectivity index (χ2v) is 10.1. The third kappa shape index (κ3) is 2.74. The number of fused-ring (bicyclic) bond motifs is 5. The highest BCUT2D eigenvalue weighted by molar-refractivity contribution is 6.34. The number of nitro groups is 1. The molecule has 0 aromatic heterocycles. The van der Waals surface area contributed by atoms with Crippen LogP contribution >= 0.6 is 0 Å². The maximum Gasteiger partial charge on any atom is 0.271 e. The third-order valence-corrected chi connectivity index (χ3v) is 8.53. The summed E-state index contributed by atoms with van der Waals surface area (Å²) in [7, 11) is 0. The first kappa shape index (κ1) is 23.0. The Hall–Kier alpha value is -4.39. The zero-order valence-corrected chi connectivity index (χ0v) is 20.4. The Morgan fingerprint density at radius 2 is 1.38 bits per heavy atom. The molecule has 37 heavy (non-hydrogen) atoms. The predicted molar refractivity (Wildman–Crippen MR) is 138 cm³/mol. The van der Waals surface area contributed by atoms with Crippen molar-refractivity contribution in [1.82, 2.24) is 0 Å². The van der Waals surface area contributed by atoms with Crippen molar-refractivity contribution in [2.24, 2.45) is 22.7 Å². The number of nitro benzene ring substituents is 1. The molecule has 0 N–H and O–H groups in total. The Labute approximate surface area is 213 Å². The first-order valence-corrected chi connectivity index (χ1v) is 12.3. The van der Waals surface area contributed by atoms with Crippen molar-refractivity contribution < 1.29 is 19.3 Å². The Kier molecular flexibility index (Phi) is 4.86. The van der Waals surface area contributed by atoms with E-state index in [0.717, 1.165) is 27.2 Å². The van der Waals surface area contributed by atoms with Gasteiger partial charge in [-0.15, -0.1) is 0 Å². The molecule has 3 aromatic rings. The highest BCUT2D eigenvalue weighted by Crippen LogP contribution is 2.74. The van der Waals surface area contributed by atoms with Gasteiger partial charge in [-0.25, -0.2) is 4.90 Å². The maximum atomic E-state index is 14.4. The fraction of sp³-hybridized carbons (Fsp3) is 0.233. The molecule has 0 spiro atoms. The second-order valence-electron chi connectivity index (χ2n) is 10.1. The molecule has 2 amide bonds. The van der Waals surface area contributed by atoms with Crippen LogP contribution in [0.5, 0.6) is 0 Å². The molecule has 1 heterocycles. The predicted octanol–water partition coefficient (Wildman–Crippen LogP) is 5.31. The van der Waals surface area contributed by atoms with Crippen LogP contribution in [0.3, 0.4) is 0 Å². The Balaban J connectivity index is 1.62. The summed E-state index contributed by atoms with van der Waals surface area (Å²) < 4.78 is 0. The molecule has 0 radical (unpaired) electrons. The minimum absolute atomic E-state index is 0.101. The summed E-state index contributed by atoms with van der Waals surface area (Å²) in [5, 5.41) is 11.4. The fourth-order valence-corrected chi connectivity index (χ4v) is 7.13. The van der Waals surface area contributed by atoms with Gasteiger partial charge in [-0.05, 0) is 41.7 Å². The molecule has 4 atom stereocenters. The highest BCUT2D eigenvalue weighted by Gasteiger charge is 2.79. The SMILES string of the molecule is CC[C@@]12C(=O)[C@@](C)(C(c3ccccc3)=C1c1ccccc1)[C@@H]1C(=O)N(c3cccc([N+](=O)[O-])c3)C(=O)[C@H]12. The monoisotopic (exact) mass is 492 g/mol. The lowest BCUT2D eigenvalue weighted by molar-refractivity contribution is -0.384. The lowest BCUT2D eigenvalue weighted by Gasteiger charge is -2.37. The van der Waals surface area contributed by atoms with Gasteiger partial charge in [0.15, 0.2) is 5.78 Å². The number of non-ortho nitro benzene ring substituents is 1. The van der Waals surface area contributed by atoms with E-state index in [1.54, 1.807) is 6.92 Å². The number of allylic oxidation sites excluding steroid dienone is 2. The largest absolute Gasteiger partial charge is 0.298 e. The van der Waals surface area contributed by atoms with Crippen LogP contribution in [0.4, 0.5) is 11.4 Å². The highest BCUT2D eigenvalue weighted by atomic mass is 16.6. The average Bonchev–Trinajstić information content (AvgIpc) is 3.39. The molecule has 2 aliphatic carbocycles. The van der Waals surface area contributed by atoms with Crippen molar-refractivity contribution in [2.75, 3.05) is 4.90 Å². The van der Waals surface area contributed by atoms with Gasteiger partial charge in [0.2, 0.25) is 11.8 Å². The van der Waals surface area contributed by atoms with Gasteiger partial charge >= 0.3 is 0 Å². The lowest BCUT2D eigenvalue weighted by atomic mass is 9.62. The molecule has 2 fully saturated rings. The van der Waals surface area contributed by atoms with Crippen LogP contribution in [-0.2, 0) is 14.4 Å². The molecule has 6 rings (SSSR count). The van der Waals surface area contributed by atoms with E-state index in [1.807, 2.05) is 67.6 Å². The topological polar surface area (TPSA) is 97.6 Å². The van der Waals surface area contributed by atoms with Crippen LogP contribution in [0.25, 0.3) is 11.1 Å². The Morgan fingerprint density at radius 3 is 1.95 bits per heavy atom. The standard InChI is InChI=1S/C30H24N2O5/c1-3-30-23(19-13-8-5-9-14-19)22(18-11-6-4-7-12-18)29(2,28(30)35)24-25(30)27(34)31(26(24)33)20-15-10-16-21(17-20)32(36)37/h4-17,24-25H,3H2,1-2H3/t24-,25-,29-,30+/m0/s1. The van der Waals surface area contributed by atoms with Crippen LogP contribution in [0.15, 0.2) is 84.9 Å². The number of carbonyl (C=O) groups is 3. The number of benzene rings is 3. The Bertz CT molecular complexity index is 1530. The molecule has 1 aliphatic heterocycles. The summed E-state index contributed by atoms with van der Waals surface area (Å²) in [6.45, 7) is 3.69. The van der Waals surface area contributed by atoms with Gasteiger partial charge in [0.25, 0.3) is 5.69 Å². The van der Waals surface area contributed by atoms with Gasteiger partial charge in [0.05, 0.1) is 33.3 Å². The molecule has 3 aliphatic rings. The minimum Gasteiger partial charge on any atom is -0.298 e. The van der Waals surface area contributed by atoms with E-state index in [0.29, 0.717) is 6.42 Å². The number of rotatable bonds is 5. The third-order valence-electron chi connectivity index (χ3n) is 8.53. The summed E-state index contributed by atoms with van der Waals surface area (Å²) in [5.41, 5.74) is 0.824. The van der Waals surface area contributed by atoms with E-state index in [2.05, 4.69) is 0 Å². The lowest BCUT2D eigenvalue weighted by Crippen LogP contribution is -2.41. The van der Waals surface area contributed by atoms with Crippen LogP contribution in [0.1, 0.15) is 31.4 Å². The zero-order valence-electron chi connectivity index (χ0n) is 20.4. The molecule has 1 saturated heterocycles.